The fraction of sp³-hybridized carbons (Fsp3) is 0.795. The van der Waals surface area contributed by atoms with Crippen molar-refractivity contribution in [2.45, 2.75) is 385 Å². The zero-order valence-electron chi connectivity index (χ0n) is 70.3. The maximum absolute atomic E-state index is 13.7. The van der Waals surface area contributed by atoms with Crippen molar-refractivity contribution in [3.63, 3.8) is 0 Å². The van der Waals surface area contributed by atoms with Crippen molar-refractivity contribution < 1.29 is 183 Å². The quantitative estimate of drug-likeness (QED) is 0.0178. The standard InChI is InChI=1S/C83H136O37/c1-14-48-55(90)64(99)72(117-76-66(101)60(95)56(91)49(34-84)111-76)80(110-48)119-82(12,15-2)30-21-29-41(6)24-18-26-42(7)32-47(87)33-44(9)74(105)115-71-63(98)53(88)45(10)109-79(71)107-38-52-59(94)62(97)68(103)78(114-52)116-70-54(89)46(11)108-75(69(70)104)106-37-43(8)27-19-25-39(4)22-17-23-40(5)28-20-31-83(13,16-3)120-81-73(65(100)58(93)51(36-86)113-81)118-77-67(102)61(96)57(92)50(35-85)112-77/h15-16,22,26-29,33,45-73,75-81,84-104H,2-3,14,17-21,23-25,30-32,34-38H2,1,4-13H3/b39-22+,40-28+,41-29+,42-26+,43-27-,44-33+. The molecular weight excluding hydrogens is 1590 g/mol. The van der Waals surface area contributed by atoms with Crippen LogP contribution in [0.4, 0.5) is 0 Å². The Morgan fingerprint density at radius 2 is 0.758 bits per heavy atom. The predicted molar refractivity (Wildman–Crippen MR) is 421 cm³/mol. The molecule has 7 aliphatic heterocycles. The molecule has 7 aliphatic rings. The Labute approximate surface area is 700 Å². The van der Waals surface area contributed by atoms with Crippen molar-refractivity contribution in [2.24, 2.45) is 0 Å². The van der Waals surface area contributed by atoms with Crippen molar-refractivity contribution in [1.29, 1.82) is 0 Å². The van der Waals surface area contributed by atoms with E-state index in [-0.39, 0.29) is 25.0 Å². The molecule has 0 radical (unpaired) electrons. The third-order valence-corrected chi connectivity index (χ3v) is 23.1. The summed E-state index contributed by atoms with van der Waals surface area (Å²) >= 11 is 0. The van der Waals surface area contributed by atoms with Gasteiger partial charge in [-0.3, -0.25) is 0 Å². The van der Waals surface area contributed by atoms with Crippen LogP contribution in [0.1, 0.15) is 153 Å². The molecule has 0 bridgehead atoms. The van der Waals surface area contributed by atoms with Crippen LogP contribution in [0.3, 0.4) is 0 Å². The zero-order valence-corrected chi connectivity index (χ0v) is 70.3. The van der Waals surface area contributed by atoms with E-state index >= 15 is 0 Å². The molecule has 7 fully saturated rings. The van der Waals surface area contributed by atoms with Gasteiger partial charge < -0.3 is 178 Å². The van der Waals surface area contributed by atoms with E-state index in [1.807, 2.05) is 52.0 Å². The van der Waals surface area contributed by atoms with Gasteiger partial charge in [0.15, 0.2) is 50.1 Å². The number of rotatable bonds is 42. The minimum Gasteiger partial charge on any atom is -0.451 e. The highest BCUT2D eigenvalue weighted by atomic mass is 16.8. The Morgan fingerprint density at radius 1 is 0.392 bits per heavy atom. The Bertz CT molecular complexity index is 3340. The van der Waals surface area contributed by atoms with Crippen LogP contribution in [-0.4, -0.2) is 378 Å². The topological polar surface area (TPSA) is 580 Å². The third kappa shape index (κ3) is 27.5. The number of aliphatic hydroxyl groups is 21. The summed E-state index contributed by atoms with van der Waals surface area (Å²) in [6, 6.07) is 0. The van der Waals surface area contributed by atoms with Crippen LogP contribution in [0.25, 0.3) is 0 Å². The molecule has 38 unspecified atom stereocenters. The van der Waals surface area contributed by atoms with E-state index in [2.05, 4.69) is 19.2 Å². The molecule has 0 saturated carbocycles. The maximum atomic E-state index is 13.7. The summed E-state index contributed by atoms with van der Waals surface area (Å²) in [5, 5.41) is 225. The monoisotopic (exact) mass is 1720 g/mol. The molecule has 7 heterocycles. The molecule has 37 nitrogen and oxygen atoms in total. The first-order chi connectivity index (χ1) is 56.6. The first-order valence-electron chi connectivity index (χ1n) is 41.3. The van der Waals surface area contributed by atoms with Gasteiger partial charge >= 0.3 is 5.97 Å². The van der Waals surface area contributed by atoms with Crippen LogP contribution in [-0.2, 0) is 75.8 Å². The second kappa shape index (κ2) is 47.7. The molecule has 690 valence electrons. The largest absolute Gasteiger partial charge is 0.451 e. The molecule has 0 amide bonds. The van der Waals surface area contributed by atoms with Gasteiger partial charge in [0.2, 0.25) is 0 Å². The maximum Gasteiger partial charge on any atom is 0.334 e. The molecule has 0 spiro atoms. The lowest BCUT2D eigenvalue weighted by atomic mass is 9.94. The molecule has 38 atom stereocenters. The second-order valence-electron chi connectivity index (χ2n) is 33.1. The number of allylic oxidation sites excluding steroid dienone is 8. The van der Waals surface area contributed by atoms with E-state index in [1.165, 1.54) is 32.9 Å². The van der Waals surface area contributed by atoms with Crippen LogP contribution in [0.2, 0.25) is 0 Å². The van der Waals surface area contributed by atoms with Gasteiger partial charge in [-0.1, -0.05) is 77.3 Å². The number of esters is 1. The van der Waals surface area contributed by atoms with Crippen LogP contribution in [0.5, 0.6) is 0 Å². The SMILES string of the molecule is C=CC(C)(CC/C=C(\C)CC/C=C(\C)CC(O)/C=C(\C)C(=O)OC1C(OCC2OC(OC3C(O)C(C)OC(OC/C(C)=C\CC/C(C)=C/CC/C(C)=C/CCC(C)(C=C)OC4OC(CO)C(O)C(O)C4OC4OC(CO)C(O)C(O)C4O)C3O)C(O)C(O)C2O)OC(C)C(O)C1O)OC1OC(CC)C(O)C(O)C1OC1OC(CO)C(O)C(O)C1O. The smallest absolute Gasteiger partial charge is 0.334 e. The van der Waals surface area contributed by atoms with Gasteiger partial charge in [-0.2, -0.15) is 0 Å². The number of ether oxygens (including phenoxy) is 15. The fourth-order valence-electron chi connectivity index (χ4n) is 14.9. The summed E-state index contributed by atoms with van der Waals surface area (Å²) in [7, 11) is 0. The van der Waals surface area contributed by atoms with Gasteiger partial charge in [0.1, 0.15) is 146 Å². The highest BCUT2D eigenvalue weighted by molar-refractivity contribution is 5.88. The van der Waals surface area contributed by atoms with Crippen molar-refractivity contribution in [1.82, 2.24) is 0 Å². The van der Waals surface area contributed by atoms with Gasteiger partial charge in [-0.05, 0) is 152 Å². The molecular formula is C83H136O37. The average Bonchev–Trinajstić information content (AvgIpc) is 0.785. The normalized spacial score (nSPS) is 41.1. The molecule has 0 aliphatic carbocycles. The van der Waals surface area contributed by atoms with Gasteiger partial charge in [-0.15, -0.1) is 13.2 Å². The summed E-state index contributed by atoms with van der Waals surface area (Å²) < 4.78 is 88.5. The van der Waals surface area contributed by atoms with E-state index in [0.29, 0.717) is 51.4 Å². The van der Waals surface area contributed by atoms with Gasteiger partial charge in [0.25, 0.3) is 0 Å². The summed E-state index contributed by atoms with van der Waals surface area (Å²) in [4.78, 5) is 13.7. The Balaban J connectivity index is 0.845. The van der Waals surface area contributed by atoms with Crippen LogP contribution >= 0.6 is 0 Å². The second-order valence-corrected chi connectivity index (χ2v) is 33.1. The first-order valence-corrected chi connectivity index (χ1v) is 41.3. The molecule has 0 aromatic rings. The zero-order chi connectivity index (χ0) is 89.1. The molecule has 37 heteroatoms. The van der Waals surface area contributed by atoms with Gasteiger partial charge in [-0.25, -0.2) is 4.79 Å². The lowest BCUT2D eigenvalue weighted by molar-refractivity contribution is -0.375. The molecule has 120 heavy (non-hydrogen) atoms. The van der Waals surface area contributed by atoms with E-state index in [0.717, 1.165) is 40.7 Å². The van der Waals surface area contributed by atoms with E-state index < -0.39 is 265 Å². The van der Waals surface area contributed by atoms with Gasteiger partial charge in [0.05, 0.1) is 68.7 Å². The third-order valence-electron chi connectivity index (χ3n) is 23.1. The lowest BCUT2D eigenvalue weighted by Gasteiger charge is -2.47. The fourth-order valence-corrected chi connectivity index (χ4v) is 14.9. The van der Waals surface area contributed by atoms with Crippen LogP contribution < -0.4 is 0 Å². The predicted octanol–water partition coefficient (Wildman–Crippen LogP) is -2.02. The van der Waals surface area contributed by atoms with Gasteiger partial charge in [0, 0.05) is 5.57 Å². The molecule has 7 rings (SSSR count). The Hall–Kier alpha value is -4.01. The van der Waals surface area contributed by atoms with Crippen LogP contribution in [0.15, 0.2) is 95.2 Å². The summed E-state index contributed by atoms with van der Waals surface area (Å²) in [6.07, 6.45) is -35.9. The van der Waals surface area contributed by atoms with Crippen molar-refractivity contribution in [2.75, 3.05) is 33.0 Å². The molecule has 7 saturated heterocycles. The van der Waals surface area contributed by atoms with E-state index in [4.69, 9.17) is 71.1 Å². The number of hydrogen-bond acceptors (Lipinski definition) is 37. The molecule has 0 aromatic heterocycles. The number of carbonyl (C=O) groups excluding carboxylic acids is 1. The summed E-state index contributed by atoms with van der Waals surface area (Å²) in [5.41, 5.74) is 2.46. The van der Waals surface area contributed by atoms with E-state index in [9.17, 15) is 112 Å². The van der Waals surface area contributed by atoms with Crippen molar-refractivity contribution in [3.05, 3.63) is 95.2 Å². The number of carbonyl (C=O) groups is 1. The first kappa shape index (κ1) is 103. The number of aliphatic hydroxyl groups excluding tert-OH is 21. The Kier molecular flexibility index (Phi) is 41.0. The lowest BCUT2D eigenvalue weighted by Crippen LogP contribution is -2.65. The van der Waals surface area contributed by atoms with Crippen LogP contribution in [0, 0.1) is 0 Å². The summed E-state index contributed by atoms with van der Waals surface area (Å²) in [5.74, 6) is -1.03. The highest BCUT2D eigenvalue weighted by Gasteiger charge is 2.57. The minimum atomic E-state index is -1.96. The minimum absolute atomic E-state index is 0.0151. The van der Waals surface area contributed by atoms with Crippen molar-refractivity contribution in [3.8, 4) is 0 Å². The van der Waals surface area contributed by atoms with Crippen molar-refractivity contribution >= 4 is 5.97 Å². The molecule has 0 aromatic carbocycles. The highest BCUT2D eigenvalue weighted by Crippen LogP contribution is 2.39. The summed E-state index contributed by atoms with van der Waals surface area (Å²) in [6.45, 7) is 24.1. The van der Waals surface area contributed by atoms with E-state index in [1.54, 1.807) is 33.8 Å². The Morgan fingerprint density at radius 3 is 1.21 bits per heavy atom. The number of hydrogen-bond donors (Lipinski definition) is 21. The average molecular weight is 1730 g/mol. The molecule has 21 N–H and O–H groups in total.